The number of benzene rings is 1. The topological polar surface area (TPSA) is 68.5 Å². The van der Waals surface area contributed by atoms with E-state index in [2.05, 4.69) is 12.2 Å². The summed E-state index contributed by atoms with van der Waals surface area (Å²) in [5.41, 5.74) is 1.37. The Morgan fingerprint density at radius 1 is 1.21 bits per heavy atom. The third-order valence-electron chi connectivity index (χ3n) is 3.83. The molecule has 0 aliphatic heterocycles. The minimum Gasteiger partial charge on any atom is -0.469 e. The number of carbonyl (C=O) groups excluding carboxylic acids is 2. The Morgan fingerprint density at radius 3 is 2.50 bits per heavy atom. The number of rotatable bonds is 7. The van der Waals surface area contributed by atoms with Crippen molar-refractivity contribution < 1.29 is 18.7 Å². The van der Waals surface area contributed by atoms with Crippen molar-refractivity contribution in [2.24, 2.45) is 0 Å². The molecule has 0 aliphatic rings. The van der Waals surface area contributed by atoms with E-state index in [4.69, 9.17) is 9.15 Å². The van der Waals surface area contributed by atoms with Gasteiger partial charge in [0.15, 0.2) is 6.10 Å². The van der Waals surface area contributed by atoms with Gasteiger partial charge in [0.1, 0.15) is 11.3 Å². The maximum Gasteiger partial charge on any atom is 0.342 e. The third kappa shape index (κ3) is 4.47. The molecule has 0 saturated heterocycles. The Bertz CT molecular complexity index is 678. The van der Waals surface area contributed by atoms with Gasteiger partial charge in [0.25, 0.3) is 5.91 Å². The number of esters is 1. The summed E-state index contributed by atoms with van der Waals surface area (Å²) in [7, 11) is 0. The first-order valence-corrected chi connectivity index (χ1v) is 8.13. The van der Waals surface area contributed by atoms with Crippen molar-refractivity contribution in [1.29, 1.82) is 0 Å². The molecule has 0 bridgehead atoms. The number of hydrogen-bond donors (Lipinski definition) is 1. The van der Waals surface area contributed by atoms with Crippen LogP contribution >= 0.6 is 0 Å². The summed E-state index contributed by atoms with van der Waals surface area (Å²) in [4.78, 5) is 24.4. The maximum atomic E-state index is 12.4. The normalized spacial score (nSPS) is 13.1. The van der Waals surface area contributed by atoms with Gasteiger partial charge in [-0.05, 0) is 31.9 Å². The zero-order chi connectivity index (χ0) is 17.5. The Kier molecular flexibility index (Phi) is 6.18. The van der Waals surface area contributed by atoms with Crippen LogP contribution in [0.2, 0.25) is 0 Å². The molecular formula is C19H23NO4. The standard InChI is InChI=1S/C19H23NO4/c1-4-8-17(15-9-6-5-7-10-15)20-18(21)14(3)24-19(22)16-11-12-23-13(16)2/h5-7,9-12,14,17H,4,8H2,1-3H3,(H,20,21)/t14-,17+/m0/s1. The molecule has 0 fully saturated rings. The second-order valence-corrected chi connectivity index (χ2v) is 5.70. The quantitative estimate of drug-likeness (QED) is 0.785. The second-order valence-electron chi connectivity index (χ2n) is 5.70. The first-order valence-electron chi connectivity index (χ1n) is 8.13. The minimum atomic E-state index is -0.880. The average Bonchev–Trinajstić information content (AvgIpc) is 3.01. The first-order chi connectivity index (χ1) is 11.5. The van der Waals surface area contributed by atoms with Gasteiger partial charge >= 0.3 is 5.97 Å². The van der Waals surface area contributed by atoms with Gasteiger partial charge in [-0.15, -0.1) is 0 Å². The largest absolute Gasteiger partial charge is 0.469 e. The first kappa shape index (κ1) is 17.8. The molecule has 0 unspecified atom stereocenters. The minimum absolute atomic E-state index is 0.0967. The number of nitrogens with one attached hydrogen (secondary N) is 1. The lowest BCUT2D eigenvalue weighted by Gasteiger charge is -2.21. The average molecular weight is 329 g/mol. The summed E-state index contributed by atoms with van der Waals surface area (Å²) >= 11 is 0. The molecule has 0 radical (unpaired) electrons. The number of ether oxygens (including phenoxy) is 1. The molecule has 1 aromatic heterocycles. The fourth-order valence-corrected chi connectivity index (χ4v) is 2.46. The third-order valence-corrected chi connectivity index (χ3v) is 3.83. The van der Waals surface area contributed by atoms with E-state index < -0.39 is 12.1 Å². The molecule has 2 aromatic rings. The Morgan fingerprint density at radius 2 is 1.92 bits per heavy atom. The Balaban J connectivity index is 1.99. The summed E-state index contributed by atoms with van der Waals surface area (Å²) in [6.45, 7) is 5.30. The smallest absolute Gasteiger partial charge is 0.342 e. The van der Waals surface area contributed by atoms with E-state index in [0.717, 1.165) is 18.4 Å². The highest BCUT2D eigenvalue weighted by molar-refractivity contribution is 5.93. The number of amides is 1. The van der Waals surface area contributed by atoms with E-state index in [-0.39, 0.29) is 11.9 Å². The van der Waals surface area contributed by atoms with Gasteiger partial charge in [0.05, 0.1) is 12.3 Å². The van der Waals surface area contributed by atoms with Gasteiger partial charge in [-0.1, -0.05) is 43.7 Å². The van der Waals surface area contributed by atoms with E-state index in [1.54, 1.807) is 13.8 Å². The van der Waals surface area contributed by atoms with E-state index in [0.29, 0.717) is 11.3 Å². The lowest BCUT2D eigenvalue weighted by molar-refractivity contribution is -0.129. The monoisotopic (exact) mass is 329 g/mol. The summed E-state index contributed by atoms with van der Waals surface area (Å²) in [6, 6.07) is 11.2. The molecule has 0 saturated carbocycles. The molecule has 0 spiro atoms. The number of carbonyl (C=O) groups is 2. The van der Waals surface area contributed by atoms with Crippen LogP contribution in [0.1, 0.15) is 54.4 Å². The highest BCUT2D eigenvalue weighted by Gasteiger charge is 2.23. The van der Waals surface area contributed by atoms with E-state index >= 15 is 0 Å². The highest BCUT2D eigenvalue weighted by Crippen LogP contribution is 2.19. The fraction of sp³-hybridized carbons (Fsp3) is 0.368. The molecule has 1 aromatic carbocycles. The molecule has 2 atom stereocenters. The maximum absolute atomic E-state index is 12.4. The summed E-state index contributed by atoms with van der Waals surface area (Å²) in [5.74, 6) is -0.400. The van der Waals surface area contributed by atoms with E-state index in [1.165, 1.54) is 12.3 Å². The van der Waals surface area contributed by atoms with Crippen LogP contribution < -0.4 is 5.32 Å². The van der Waals surface area contributed by atoms with Crippen molar-refractivity contribution in [2.75, 3.05) is 0 Å². The van der Waals surface area contributed by atoms with Crippen LogP contribution in [0.15, 0.2) is 47.1 Å². The number of hydrogen-bond acceptors (Lipinski definition) is 4. The predicted octanol–water partition coefficient (Wildman–Crippen LogP) is 3.79. The molecule has 128 valence electrons. The highest BCUT2D eigenvalue weighted by atomic mass is 16.5. The molecule has 5 nitrogen and oxygen atoms in total. The van der Waals surface area contributed by atoms with Gasteiger partial charge in [0.2, 0.25) is 0 Å². The van der Waals surface area contributed by atoms with Crippen molar-refractivity contribution >= 4 is 11.9 Å². The van der Waals surface area contributed by atoms with Crippen LogP contribution in [0.4, 0.5) is 0 Å². The summed E-state index contributed by atoms with van der Waals surface area (Å²) in [5, 5.41) is 2.96. The van der Waals surface area contributed by atoms with E-state index in [9.17, 15) is 9.59 Å². The van der Waals surface area contributed by atoms with Crippen molar-refractivity contribution in [2.45, 2.75) is 45.8 Å². The lowest BCUT2D eigenvalue weighted by Crippen LogP contribution is -2.38. The van der Waals surface area contributed by atoms with Gasteiger partial charge in [-0.3, -0.25) is 4.79 Å². The van der Waals surface area contributed by atoms with Crippen molar-refractivity contribution in [3.63, 3.8) is 0 Å². The molecule has 24 heavy (non-hydrogen) atoms. The number of aryl methyl sites for hydroxylation is 1. The Labute approximate surface area is 142 Å². The number of furan rings is 1. The van der Waals surface area contributed by atoms with Gasteiger partial charge in [-0.25, -0.2) is 4.79 Å². The second kappa shape index (κ2) is 8.34. The van der Waals surface area contributed by atoms with Crippen LogP contribution in [-0.4, -0.2) is 18.0 Å². The van der Waals surface area contributed by atoms with Crippen LogP contribution in [0.3, 0.4) is 0 Å². The van der Waals surface area contributed by atoms with Crippen molar-refractivity contribution in [3.05, 3.63) is 59.5 Å². The summed E-state index contributed by atoms with van der Waals surface area (Å²) in [6.07, 6.45) is 2.29. The van der Waals surface area contributed by atoms with Gasteiger partial charge < -0.3 is 14.5 Å². The molecule has 1 N–H and O–H groups in total. The van der Waals surface area contributed by atoms with Crippen LogP contribution in [-0.2, 0) is 9.53 Å². The van der Waals surface area contributed by atoms with Crippen LogP contribution in [0, 0.1) is 6.92 Å². The molecule has 2 rings (SSSR count). The van der Waals surface area contributed by atoms with E-state index in [1.807, 2.05) is 30.3 Å². The predicted molar refractivity (Wildman–Crippen MR) is 90.6 cm³/mol. The van der Waals surface area contributed by atoms with Crippen LogP contribution in [0.5, 0.6) is 0 Å². The Hall–Kier alpha value is -2.56. The zero-order valence-electron chi connectivity index (χ0n) is 14.2. The van der Waals surface area contributed by atoms with Crippen LogP contribution in [0.25, 0.3) is 0 Å². The van der Waals surface area contributed by atoms with Crippen molar-refractivity contribution in [3.8, 4) is 0 Å². The molecule has 5 heteroatoms. The molecule has 1 amide bonds. The fourth-order valence-electron chi connectivity index (χ4n) is 2.46. The van der Waals surface area contributed by atoms with Gasteiger partial charge in [0, 0.05) is 0 Å². The van der Waals surface area contributed by atoms with Crippen molar-refractivity contribution in [1.82, 2.24) is 5.32 Å². The molecule has 0 aliphatic carbocycles. The summed E-state index contributed by atoms with van der Waals surface area (Å²) < 4.78 is 10.3. The van der Waals surface area contributed by atoms with Gasteiger partial charge in [-0.2, -0.15) is 0 Å². The molecular weight excluding hydrogens is 306 g/mol. The lowest BCUT2D eigenvalue weighted by atomic mass is 10.0. The SMILES string of the molecule is CCC[C@@H](NC(=O)[C@H](C)OC(=O)c1ccoc1C)c1ccccc1. The zero-order valence-corrected chi connectivity index (χ0v) is 14.2. The molecule has 1 heterocycles.